The minimum absolute atomic E-state index is 0.643. The average molecular weight is 177 g/mol. The van der Waals surface area contributed by atoms with Crippen LogP contribution >= 0.6 is 0 Å². The summed E-state index contributed by atoms with van der Waals surface area (Å²) in [5.41, 5.74) is 1.62. The van der Waals surface area contributed by atoms with Gasteiger partial charge in [0.2, 0.25) is 0 Å². The van der Waals surface area contributed by atoms with Gasteiger partial charge in [0.15, 0.2) is 0 Å². The minimum atomic E-state index is -0.715. The van der Waals surface area contributed by atoms with Gasteiger partial charge in [0.1, 0.15) is 0 Å². The summed E-state index contributed by atoms with van der Waals surface area (Å²) in [7, 11) is 0. The predicted molar refractivity (Wildman–Crippen MR) is 52.6 cm³/mol. The monoisotopic (exact) mass is 177 g/mol. The maximum Gasteiger partial charge on any atom is 0.0994 e. The Kier molecular flexibility index (Phi) is 2.10. The highest BCUT2D eigenvalue weighted by Gasteiger charge is 2.26. The van der Waals surface area contributed by atoms with E-state index in [0.717, 1.165) is 18.5 Å². The minimum Gasteiger partial charge on any atom is -0.384 e. The van der Waals surface area contributed by atoms with Gasteiger partial charge in [0, 0.05) is 6.54 Å². The molecule has 2 nitrogen and oxygen atoms in total. The molecule has 0 amide bonds. The van der Waals surface area contributed by atoms with Gasteiger partial charge < -0.3 is 10.4 Å². The van der Waals surface area contributed by atoms with Crippen LogP contribution in [0.1, 0.15) is 18.1 Å². The van der Waals surface area contributed by atoms with Crippen LogP contribution in [0.3, 0.4) is 0 Å². The van der Waals surface area contributed by atoms with Crippen molar-refractivity contribution in [3.8, 4) is 0 Å². The van der Waals surface area contributed by atoms with Crippen molar-refractivity contribution in [3.63, 3.8) is 0 Å². The molecule has 2 N–H and O–H groups in total. The van der Waals surface area contributed by atoms with Gasteiger partial charge in [-0.05, 0) is 31.0 Å². The van der Waals surface area contributed by atoms with Crippen molar-refractivity contribution in [2.45, 2.75) is 18.9 Å². The fourth-order valence-electron chi connectivity index (χ4n) is 1.91. The number of fused-ring (bicyclic) bond motifs is 1. The maximum atomic E-state index is 10.1. The lowest BCUT2D eigenvalue weighted by Crippen LogP contribution is -2.33. The lowest BCUT2D eigenvalue weighted by Gasteiger charge is -2.23. The first-order valence-corrected chi connectivity index (χ1v) is 4.72. The Labute approximate surface area is 78.6 Å². The van der Waals surface area contributed by atoms with Crippen LogP contribution in [0.25, 0.3) is 0 Å². The fraction of sp³-hybridized carbons (Fsp3) is 0.455. The summed E-state index contributed by atoms with van der Waals surface area (Å²) < 4.78 is 0. The summed E-state index contributed by atoms with van der Waals surface area (Å²) in [5.74, 6) is 0. The van der Waals surface area contributed by atoms with Crippen molar-refractivity contribution < 1.29 is 5.11 Å². The largest absolute Gasteiger partial charge is 0.384 e. The number of nitrogens with one attached hydrogen (secondary N) is 1. The number of benzene rings is 1. The van der Waals surface area contributed by atoms with Gasteiger partial charge in [0.05, 0.1) is 5.60 Å². The first kappa shape index (κ1) is 8.73. The van der Waals surface area contributed by atoms with Gasteiger partial charge in [-0.1, -0.05) is 24.3 Å². The Hall–Kier alpha value is -0.860. The molecule has 0 bridgehead atoms. The standard InChI is InChI=1S/C11H15NO/c1-11(13)8-12-7-6-9-4-2-3-5-10(9)11/h2-5,12-13H,6-8H2,1H3. The number of β-amino-alcohol motifs (C(OH)–C–C–N with tert-alkyl or cyclic N) is 1. The zero-order valence-corrected chi connectivity index (χ0v) is 7.88. The van der Waals surface area contributed by atoms with E-state index in [1.165, 1.54) is 5.56 Å². The van der Waals surface area contributed by atoms with E-state index in [0.29, 0.717) is 6.54 Å². The normalized spacial score (nSPS) is 27.8. The Balaban J connectivity index is 2.48. The lowest BCUT2D eigenvalue weighted by molar-refractivity contribution is 0.0595. The van der Waals surface area contributed by atoms with Crippen LogP contribution in [-0.2, 0) is 12.0 Å². The molecule has 1 unspecified atom stereocenters. The molecule has 2 rings (SSSR count). The second kappa shape index (κ2) is 3.13. The van der Waals surface area contributed by atoms with Gasteiger partial charge in [0.25, 0.3) is 0 Å². The molecular weight excluding hydrogens is 162 g/mol. The van der Waals surface area contributed by atoms with Crippen molar-refractivity contribution in [2.75, 3.05) is 13.1 Å². The van der Waals surface area contributed by atoms with Crippen LogP contribution in [0.2, 0.25) is 0 Å². The molecule has 1 aromatic carbocycles. The lowest BCUT2D eigenvalue weighted by atomic mass is 9.92. The van der Waals surface area contributed by atoms with E-state index in [1.54, 1.807) is 0 Å². The highest BCUT2D eigenvalue weighted by molar-refractivity contribution is 5.33. The third kappa shape index (κ3) is 1.60. The van der Waals surface area contributed by atoms with Crippen LogP contribution in [-0.4, -0.2) is 18.2 Å². The Morgan fingerprint density at radius 1 is 1.38 bits per heavy atom. The SMILES string of the molecule is CC1(O)CNCCc2ccccc21. The van der Waals surface area contributed by atoms with Gasteiger partial charge in [-0.3, -0.25) is 0 Å². The molecule has 0 saturated carbocycles. The molecular formula is C11H15NO. The van der Waals surface area contributed by atoms with Crippen molar-refractivity contribution in [2.24, 2.45) is 0 Å². The number of aliphatic hydroxyl groups is 1. The molecule has 0 spiro atoms. The van der Waals surface area contributed by atoms with Gasteiger partial charge in [-0.15, -0.1) is 0 Å². The summed E-state index contributed by atoms with van der Waals surface area (Å²) in [6.45, 7) is 3.46. The topological polar surface area (TPSA) is 32.3 Å². The van der Waals surface area contributed by atoms with Crippen molar-refractivity contribution in [1.82, 2.24) is 5.32 Å². The number of hydrogen-bond acceptors (Lipinski definition) is 2. The summed E-state index contributed by atoms with van der Waals surface area (Å²) in [6.07, 6.45) is 1.01. The van der Waals surface area contributed by atoms with Crippen LogP contribution in [0.4, 0.5) is 0 Å². The fourth-order valence-corrected chi connectivity index (χ4v) is 1.91. The Bertz CT molecular complexity index is 307. The quantitative estimate of drug-likeness (QED) is 0.620. The zero-order valence-electron chi connectivity index (χ0n) is 7.88. The van der Waals surface area contributed by atoms with E-state index in [9.17, 15) is 5.11 Å². The van der Waals surface area contributed by atoms with Crippen LogP contribution in [0, 0.1) is 0 Å². The molecule has 70 valence electrons. The highest BCUT2D eigenvalue weighted by Crippen LogP contribution is 2.25. The Morgan fingerprint density at radius 3 is 3.00 bits per heavy atom. The van der Waals surface area contributed by atoms with Crippen LogP contribution < -0.4 is 5.32 Å². The molecule has 0 fully saturated rings. The zero-order chi connectivity index (χ0) is 9.31. The molecule has 0 aromatic heterocycles. The van der Waals surface area contributed by atoms with Crippen LogP contribution in [0.15, 0.2) is 24.3 Å². The second-order valence-corrected chi connectivity index (χ2v) is 3.86. The Morgan fingerprint density at radius 2 is 2.15 bits per heavy atom. The van der Waals surface area contributed by atoms with Crippen molar-refractivity contribution in [1.29, 1.82) is 0 Å². The van der Waals surface area contributed by atoms with Crippen LogP contribution in [0.5, 0.6) is 0 Å². The molecule has 0 saturated heterocycles. The van der Waals surface area contributed by atoms with E-state index < -0.39 is 5.60 Å². The molecule has 0 aliphatic carbocycles. The summed E-state index contributed by atoms with van der Waals surface area (Å²) in [5, 5.41) is 13.4. The first-order chi connectivity index (χ1) is 6.20. The maximum absolute atomic E-state index is 10.1. The average Bonchev–Trinajstić information content (AvgIpc) is 2.26. The van der Waals surface area contributed by atoms with Gasteiger partial charge in [-0.25, -0.2) is 0 Å². The highest BCUT2D eigenvalue weighted by atomic mass is 16.3. The number of rotatable bonds is 0. The van der Waals surface area contributed by atoms with Gasteiger partial charge >= 0.3 is 0 Å². The predicted octanol–water partition coefficient (Wildman–Crippen LogP) is 1.04. The van der Waals surface area contributed by atoms with Crippen molar-refractivity contribution >= 4 is 0 Å². The molecule has 1 aliphatic heterocycles. The third-order valence-corrected chi connectivity index (χ3v) is 2.64. The molecule has 1 atom stereocenters. The van der Waals surface area contributed by atoms with E-state index in [4.69, 9.17) is 0 Å². The molecule has 2 heteroatoms. The number of hydrogen-bond donors (Lipinski definition) is 2. The second-order valence-electron chi connectivity index (χ2n) is 3.86. The molecule has 0 radical (unpaired) electrons. The molecule has 1 aliphatic rings. The molecule has 1 aromatic rings. The van der Waals surface area contributed by atoms with E-state index in [-0.39, 0.29) is 0 Å². The molecule has 1 heterocycles. The van der Waals surface area contributed by atoms with E-state index in [2.05, 4.69) is 11.4 Å². The van der Waals surface area contributed by atoms with Crippen molar-refractivity contribution in [3.05, 3.63) is 35.4 Å². The molecule has 13 heavy (non-hydrogen) atoms. The van der Waals surface area contributed by atoms with E-state index >= 15 is 0 Å². The van der Waals surface area contributed by atoms with E-state index in [1.807, 2.05) is 25.1 Å². The smallest absolute Gasteiger partial charge is 0.0994 e. The van der Waals surface area contributed by atoms with Gasteiger partial charge in [-0.2, -0.15) is 0 Å². The summed E-state index contributed by atoms with van der Waals surface area (Å²) >= 11 is 0. The summed E-state index contributed by atoms with van der Waals surface area (Å²) in [6, 6.07) is 8.12. The summed E-state index contributed by atoms with van der Waals surface area (Å²) in [4.78, 5) is 0. The first-order valence-electron chi connectivity index (χ1n) is 4.72. The third-order valence-electron chi connectivity index (χ3n) is 2.64.